The molecular weight excluding hydrogens is 478 g/mol. The molecular formula is C23H22F6N4O2. The zero-order chi connectivity index (χ0) is 25.4. The normalized spacial score (nSPS) is 16.2. The van der Waals surface area contributed by atoms with Crippen LogP contribution in [-0.2, 0) is 12.4 Å². The van der Waals surface area contributed by atoms with Gasteiger partial charge in [0.25, 0.3) is 5.91 Å². The average molecular weight is 500 g/mol. The van der Waals surface area contributed by atoms with Crippen molar-refractivity contribution < 1.29 is 35.9 Å². The summed E-state index contributed by atoms with van der Waals surface area (Å²) in [6, 6.07) is 4.48. The predicted molar refractivity (Wildman–Crippen MR) is 117 cm³/mol. The second kappa shape index (κ2) is 9.31. The van der Waals surface area contributed by atoms with Gasteiger partial charge in [0.2, 0.25) is 0 Å². The molecule has 12 heteroatoms. The van der Waals surface area contributed by atoms with Crippen LogP contribution in [0.25, 0.3) is 0 Å². The van der Waals surface area contributed by atoms with Crippen LogP contribution in [0, 0.1) is 0 Å². The Morgan fingerprint density at radius 3 is 1.91 bits per heavy atom. The highest BCUT2D eigenvalue weighted by Gasteiger charge is 2.37. The number of hydrogen-bond acceptors (Lipinski definition) is 3. The van der Waals surface area contributed by atoms with Gasteiger partial charge >= 0.3 is 18.4 Å². The largest absolute Gasteiger partial charge is 0.416 e. The van der Waals surface area contributed by atoms with Crippen LogP contribution in [0.1, 0.15) is 47.2 Å². The molecule has 0 atom stereocenters. The van der Waals surface area contributed by atoms with Crippen molar-refractivity contribution in [3.8, 4) is 0 Å². The van der Waals surface area contributed by atoms with E-state index < -0.39 is 35.2 Å². The third-order valence-corrected chi connectivity index (χ3v) is 5.70. The Kier molecular flexibility index (Phi) is 6.56. The van der Waals surface area contributed by atoms with Crippen molar-refractivity contribution in [2.45, 2.75) is 44.1 Å². The van der Waals surface area contributed by atoms with Crippen molar-refractivity contribution in [3.05, 3.63) is 53.1 Å². The molecule has 2 aromatic carbocycles. The first-order chi connectivity index (χ1) is 16.4. The van der Waals surface area contributed by atoms with E-state index in [2.05, 4.69) is 10.6 Å². The van der Waals surface area contributed by atoms with Crippen LogP contribution >= 0.6 is 0 Å². The molecule has 35 heavy (non-hydrogen) atoms. The van der Waals surface area contributed by atoms with Gasteiger partial charge in [-0.15, -0.1) is 0 Å². The van der Waals surface area contributed by atoms with Crippen molar-refractivity contribution in [2.24, 2.45) is 0 Å². The molecule has 0 spiro atoms. The molecule has 1 aliphatic heterocycles. The Bertz CT molecular complexity index is 1090. The van der Waals surface area contributed by atoms with Crippen molar-refractivity contribution >= 4 is 29.0 Å². The SMILES string of the molecule is O=C(Nc1cc(C(F)(F)F)cc(C(F)(F)F)c1)Nc1ccc(N2CCCC2)c(C(=O)NC2CC2)c1. The maximum Gasteiger partial charge on any atom is 0.416 e. The van der Waals surface area contributed by atoms with Gasteiger partial charge in [0, 0.05) is 36.2 Å². The van der Waals surface area contributed by atoms with Gasteiger partial charge in [-0.2, -0.15) is 26.3 Å². The Morgan fingerprint density at radius 1 is 0.800 bits per heavy atom. The standard InChI is InChI=1S/C23H22F6N4O2/c24-22(25,26)13-9-14(23(27,28)29)11-17(10-13)32-21(35)31-16-5-6-19(33-7-1-2-8-33)18(12-16)20(34)30-15-3-4-15/h5-6,9-12,15H,1-4,7-8H2,(H,30,34)(H2,31,32,35). The van der Waals surface area contributed by atoms with E-state index in [1.807, 2.05) is 10.2 Å². The smallest absolute Gasteiger partial charge is 0.371 e. The summed E-state index contributed by atoms with van der Waals surface area (Å²) >= 11 is 0. The number of rotatable bonds is 5. The molecule has 0 bridgehead atoms. The first-order valence-electron chi connectivity index (χ1n) is 11.0. The predicted octanol–water partition coefficient (Wildman–Crippen LogP) is 5.86. The number of hydrogen-bond donors (Lipinski definition) is 3. The monoisotopic (exact) mass is 500 g/mol. The second-order valence-electron chi connectivity index (χ2n) is 8.55. The summed E-state index contributed by atoms with van der Waals surface area (Å²) < 4.78 is 78.4. The van der Waals surface area contributed by atoms with E-state index >= 15 is 0 Å². The lowest BCUT2D eigenvalue weighted by molar-refractivity contribution is -0.143. The highest BCUT2D eigenvalue weighted by Crippen LogP contribution is 2.37. The lowest BCUT2D eigenvalue weighted by atomic mass is 10.1. The molecule has 2 fully saturated rings. The highest BCUT2D eigenvalue weighted by molar-refractivity contribution is 6.04. The summed E-state index contributed by atoms with van der Waals surface area (Å²) in [6.45, 7) is 1.54. The number of halogens is 6. The van der Waals surface area contributed by atoms with Crippen molar-refractivity contribution in [2.75, 3.05) is 28.6 Å². The number of carbonyl (C=O) groups excluding carboxylic acids is 2. The van der Waals surface area contributed by atoms with Gasteiger partial charge in [-0.1, -0.05) is 0 Å². The Labute approximate surface area is 196 Å². The first-order valence-corrected chi connectivity index (χ1v) is 11.0. The molecule has 1 aliphatic carbocycles. The van der Waals surface area contributed by atoms with Gasteiger partial charge in [-0.05, 0) is 62.1 Å². The summed E-state index contributed by atoms with van der Waals surface area (Å²) in [5, 5.41) is 7.28. The fraction of sp³-hybridized carbons (Fsp3) is 0.391. The molecule has 1 saturated carbocycles. The van der Waals surface area contributed by atoms with E-state index in [9.17, 15) is 35.9 Å². The molecule has 2 aliphatic rings. The van der Waals surface area contributed by atoms with E-state index in [-0.39, 0.29) is 23.7 Å². The Morgan fingerprint density at radius 2 is 1.37 bits per heavy atom. The van der Waals surface area contributed by atoms with Crippen molar-refractivity contribution in [1.82, 2.24) is 5.32 Å². The molecule has 0 aromatic heterocycles. The number of amides is 3. The minimum absolute atomic E-state index is 0.0229. The van der Waals surface area contributed by atoms with E-state index in [1.165, 1.54) is 12.1 Å². The molecule has 188 valence electrons. The zero-order valence-corrected chi connectivity index (χ0v) is 18.3. The van der Waals surface area contributed by atoms with Gasteiger partial charge < -0.3 is 20.9 Å². The van der Waals surface area contributed by atoms with Crippen LogP contribution in [0.2, 0.25) is 0 Å². The number of urea groups is 1. The van der Waals surface area contributed by atoms with Gasteiger partial charge in [0.1, 0.15) is 0 Å². The number of nitrogens with one attached hydrogen (secondary N) is 3. The third-order valence-electron chi connectivity index (χ3n) is 5.70. The summed E-state index contributed by atoms with van der Waals surface area (Å²) in [5.41, 5.74) is -2.58. The van der Waals surface area contributed by atoms with Crippen LogP contribution in [0.5, 0.6) is 0 Å². The maximum absolute atomic E-state index is 13.1. The molecule has 0 unspecified atom stereocenters. The summed E-state index contributed by atoms with van der Waals surface area (Å²) in [6.07, 6.45) is -6.37. The maximum atomic E-state index is 13.1. The molecule has 6 nitrogen and oxygen atoms in total. The van der Waals surface area contributed by atoms with Crippen LogP contribution in [0.3, 0.4) is 0 Å². The summed E-state index contributed by atoms with van der Waals surface area (Å²) in [5.74, 6) is -0.314. The average Bonchev–Trinajstić information content (AvgIpc) is 3.40. The molecule has 1 heterocycles. The highest BCUT2D eigenvalue weighted by atomic mass is 19.4. The molecule has 2 aromatic rings. The zero-order valence-electron chi connectivity index (χ0n) is 18.3. The van der Waals surface area contributed by atoms with Crippen LogP contribution in [0.4, 0.5) is 48.2 Å². The Hall–Kier alpha value is -3.44. The Balaban J connectivity index is 1.55. The van der Waals surface area contributed by atoms with Gasteiger partial charge in [0.05, 0.1) is 16.7 Å². The third kappa shape index (κ3) is 6.17. The summed E-state index contributed by atoms with van der Waals surface area (Å²) in [4.78, 5) is 27.3. The van der Waals surface area contributed by atoms with E-state index in [0.29, 0.717) is 23.4 Å². The number of anilines is 3. The lowest BCUT2D eigenvalue weighted by Gasteiger charge is -2.22. The minimum Gasteiger partial charge on any atom is -0.371 e. The van der Waals surface area contributed by atoms with Gasteiger partial charge in [0.15, 0.2) is 0 Å². The number of carbonyl (C=O) groups is 2. The molecule has 3 N–H and O–H groups in total. The van der Waals surface area contributed by atoms with E-state index in [4.69, 9.17) is 0 Å². The van der Waals surface area contributed by atoms with Crippen LogP contribution in [0.15, 0.2) is 36.4 Å². The topological polar surface area (TPSA) is 73.5 Å². The van der Waals surface area contributed by atoms with Gasteiger partial charge in [-0.3, -0.25) is 4.79 Å². The quantitative estimate of drug-likeness (QED) is 0.451. The second-order valence-corrected chi connectivity index (χ2v) is 8.55. The first kappa shape index (κ1) is 24.7. The summed E-state index contributed by atoms with van der Waals surface area (Å²) in [7, 11) is 0. The molecule has 4 rings (SSSR count). The van der Waals surface area contributed by atoms with Gasteiger partial charge in [-0.25, -0.2) is 4.79 Å². The van der Waals surface area contributed by atoms with Crippen LogP contribution in [-0.4, -0.2) is 31.1 Å². The number of nitrogens with zero attached hydrogens (tertiary/aromatic N) is 1. The van der Waals surface area contributed by atoms with Crippen molar-refractivity contribution in [1.29, 1.82) is 0 Å². The lowest BCUT2D eigenvalue weighted by Crippen LogP contribution is -2.29. The fourth-order valence-electron chi connectivity index (χ4n) is 3.84. The number of alkyl halides is 6. The van der Waals surface area contributed by atoms with E-state index in [1.54, 1.807) is 6.07 Å². The molecule has 3 amide bonds. The molecule has 0 radical (unpaired) electrons. The fourth-order valence-corrected chi connectivity index (χ4v) is 3.84. The molecule has 1 saturated heterocycles. The van der Waals surface area contributed by atoms with E-state index in [0.717, 1.165) is 38.8 Å². The van der Waals surface area contributed by atoms with Crippen molar-refractivity contribution in [3.63, 3.8) is 0 Å². The number of benzene rings is 2. The van der Waals surface area contributed by atoms with Crippen LogP contribution < -0.4 is 20.9 Å². The minimum atomic E-state index is -5.04.